The Kier molecular flexibility index (Phi) is 4.94. The van der Waals surface area contributed by atoms with E-state index in [2.05, 4.69) is 4.72 Å². The second-order valence-electron chi connectivity index (χ2n) is 4.98. The summed E-state index contributed by atoms with van der Waals surface area (Å²) in [5, 5.41) is 10.2. The van der Waals surface area contributed by atoms with Gasteiger partial charge in [0, 0.05) is 6.08 Å². The van der Waals surface area contributed by atoms with Crippen molar-refractivity contribution < 1.29 is 27.4 Å². The Hall–Kier alpha value is -1.77. The average molecular weight is 329 g/mol. The van der Waals surface area contributed by atoms with Gasteiger partial charge < -0.3 is 9.84 Å². The van der Waals surface area contributed by atoms with Gasteiger partial charge in [-0.1, -0.05) is 36.4 Å². The molecule has 4 unspecified atom stereocenters. The molecule has 0 spiro atoms. The maximum Gasteiger partial charge on any atom is 0.330 e. The summed E-state index contributed by atoms with van der Waals surface area (Å²) in [5.41, 5.74) is 0.207. The minimum Gasteiger partial charge on any atom is -0.454 e. The fraction of sp³-hybridized carbons (Fsp3) is 0.357. The molecule has 4 atom stereocenters. The molecule has 120 valence electrons. The number of aliphatic hydroxyl groups is 1. The molecular weight excluding hydrogens is 313 g/mol. The second kappa shape index (κ2) is 6.55. The number of ether oxygens (including phenoxy) is 1. The Morgan fingerprint density at radius 2 is 1.95 bits per heavy atom. The van der Waals surface area contributed by atoms with Crippen LogP contribution in [0.25, 0.3) is 0 Å². The largest absolute Gasteiger partial charge is 0.454 e. The van der Waals surface area contributed by atoms with Gasteiger partial charge in [-0.25, -0.2) is 22.3 Å². The Morgan fingerprint density at radius 1 is 1.32 bits per heavy atom. The number of benzene rings is 1. The number of carbonyl (C=O) groups is 1. The van der Waals surface area contributed by atoms with Crippen LogP contribution in [0.15, 0.2) is 42.5 Å². The van der Waals surface area contributed by atoms with Gasteiger partial charge in [-0.3, -0.25) is 0 Å². The number of hydrogen-bond donors (Lipinski definition) is 2. The molecule has 0 aromatic heterocycles. The topological polar surface area (TPSA) is 92.7 Å². The summed E-state index contributed by atoms with van der Waals surface area (Å²) in [6, 6.07) is 6.83. The number of carbonyl (C=O) groups excluding carboxylic acids is 1. The first-order valence-corrected chi connectivity index (χ1v) is 8.40. The van der Waals surface area contributed by atoms with Gasteiger partial charge >= 0.3 is 5.97 Å². The van der Waals surface area contributed by atoms with Crippen LogP contribution in [0.4, 0.5) is 4.39 Å². The quantitative estimate of drug-likeness (QED) is 0.766. The van der Waals surface area contributed by atoms with Crippen LogP contribution in [-0.2, 0) is 19.6 Å². The van der Waals surface area contributed by atoms with Crippen LogP contribution in [0, 0.1) is 0 Å². The molecule has 1 aliphatic rings. The molecule has 1 aromatic carbocycles. The number of nitrogens with one attached hydrogen (secondary N) is 1. The van der Waals surface area contributed by atoms with Crippen molar-refractivity contribution in [3.05, 3.63) is 48.0 Å². The Labute approximate surface area is 127 Å². The highest BCUT2D eigenvalue weighted by Gasteiger charge is 2.39. The fourth-order valence-corrected chi connectivity index (χ4v) is 2.88. The third-order valence-corrected chi connectivity index (χ3v) is 3.85. The number of esters is 1. The Bertz CT molecular complexity index is 661. The van der Waals surface area contributed by atoms with Crippen LogP contribution in [0.3, 0.4) is 0 Å². The molecular formula is C14H16FNO5S. The summed E-state index contributed by atoms with van der Waals surface area (Å²) in [6.45, 7) is 0. The van der Waals surface area contributed by atoms with Crippen LogP contribution < -0.4 is 4.72 Å². The van der Waals surface area contributed by atoms with E-state index in [4.69, 9.17) is 4.74 Å². The molecule has 0 bridgehead atoms. The fourth-order valence-electron chi connectivity index (χ4n) is 2.17. The van der Waals surface area contributed by atoms with Gasteiger partial charge in [0.25, 0.3) is 0 Å². The Morgan fingerprint density at radius 3 is 2.55 bits per heavy atom. The van der Waals surface area contributed by atoms with E-state index in [-0.39, 0.29) is 5.56 Å². The molecule has 6 nitrogen and oxygen atoms in total. The predicted octanol–water partition coefficient (Wildman–Crippen LogP) is 0.457. The molecule has 0 radical (unpaired) electrons. The van der Waals surface area contributed by atoms with Crippen molar-refractivity contribution in [2.45, 2.75) is 24.4 Å². The zero-order chi connectivity index (χ0) is 16.3. The molecule has 0 saturated carbocycles. The number of hydrogen-bond acceptors (Lipinski definition) is 5. The smallest absolute Gasteiger partial charge is 0.330 e. The highest BCUT2D eigenvalue weighted by atomic mass is 32.2. The molecule has 1 aliphatic heterocycles. The van der Waals surface area contributed by atoms with Crippen molar-refractivity contribution in [3.8, 4) is 0 Å². The molecule has 8 heteroatoms. The van der Waals surface area contributed by atoms with E-state index in [0.717, 1.165) is 12.3 Å². The van der Waals surface area contributed by atoms with Crippen LogP contribution in [0.1, 0.15) is 11.7 Å². The lowest BCUT2D eigenvalue weighted by Crippen LogP contribution is -2.52. The van der Waals surface area contributed by atoms with Gasteiger partial charge in [0.05, 0.1) is 12.3 Å². The van der Waals surface area contributed by atoms with Crippen molar-refractivity contribution in [1.29, 1.82) is 0 Å². The van der Waals surface area contributed by atoms with E-state index >= 15 is 0 Å². The number of sulfonamides is 1. The molecule has 1 heterocycles. The lowest BCUT2D eigenvalue weighted by atomic mass is 9.96. The highest BCUT2D eigenvalue weighted by molar-refractivity contribution is 7.88. The Balaban J connectivity index is 2.23. The predicted molar refractivity (Wildman–Crippen MR) is 77.1 cm³/mol. The molecule has 0 aliphatic carbocycles. The van der Waals surface area contributed by atoms with E-state index in [1.807, 2.05) is 0 Å². The van der Waals surface area contributed by atoms with E-state index in [1.165, 1.54) is 18.2 Å². The molecule has 0 fully saturated rings. The monoisotopic (exact) mass is 329 g/mol. The van der Waals surface area contributed by atoms with Crippen LogP contribution >= 0.6 is 0 Å². The molecule has 2 rings (SSSR count). The first kappa shape index (κ1) is 16.6. The third kappa shape index (κ3) is 4.12. The van der Waals surface area contributed by atoms with E-state index in [9.17, 15) is 22.7 Å². The normalized spacial score (nSPS) is 24.6. The zero-order valence-electron chi connectivity index (χ0n) is 11.7. The molecule has 22 heavy (non-hydrogen) atoms. The maximum absolute atomic E-state index is 14.4. The van der Waals surface area contributed by atoms with Gasteiger partial charge in [0.2, 0.25) is 10.0 Å². The molecule has 2 N–H and O–H groups in total. The number of cyclic esters (lactones) is 1. The van der Waals surface area contributed by atoms with E-state index < -0.39 is 40.4 Å². The number of alkyl halides is 1. The van der Waals surface area contributed by atoms with E-state index in [0.29, 0.717) is 0 Å². The van der Waals surface area contributed by atoms with Crippen molar-refractivity contribution >= 4 is 16.0 Å². The molecule has 0 saturated heterocycles. The molecule has 0 amide bonds. The van der Waals surface area contributed by atoms with Crippen LogP contribution in [0.5, 0.6) is 0 Å². The SMILES string of the molecule is CS(=O)(=O)NC1C=CC(=O)OC1C(O)C(F)c1ccccc1. The van der Waals surface area contributed by atoms with Crippen molar-refractivity contribution in [2.75, 3.05) is 6.26 Å². The van der Waals surface area contributed by atoms with E-state index in [1.54, 1.807) is 18.2 Å². The lowest BCUT2D eigenvalue weighted by Gasteiger charge is -2.32. The summed E-state index contributed by atoms with van der Waals surface area (Å²) < 4.78 is 44.2. The minimum absolute atomic E-state index is 0.207. The van der Waals surface area contributed by atoms with Gasteiger partial charge in [0.1, 0.15) is 6.10 Å². The summed E-state index contributed by atoms with van der Waals surface area (Å²) in [5.74, 6) is -0.768. The summed E-state index contributed by atoms with van der Waals surface area (Å²) in [7, 11) is -3.62. The number of halogens is 1. The van der Waals surface area contributed by atoms with Crippen LogP contribution in [-0.4, -0.2) is 44.0 Å². The van der Waals surface area contributed by atoms with Gasteiger partial charge in [-0.15, -0.1) is 0 Å². The summed E-state index contributed by atoms with van der Waals surface area (Å²) >= 11 is 0. The number of aliphatic hydroxyl groups excluding tert-OH is 1. The average Bonchev–Trinajstić information content (AvgIpc) is 2.47. The second-order valence-corrected chi connectivity index (χ2v) is 6.76. The minimum atomic E-state index is -3.62. The van der Waals surface area contributed by atoms with Crippen molar-refractivity contribution in [1.82, 2.24) is 4.72 Å². The van der Waals surface area contributed by atoms with Crippen molar-refractivity contribution in [3.63, 3.8) is 0 Å². The van der Waals surface area contributed by atoms with Gasteiger partial charge in [-0.2, -0.15) is 0 Å². The maximum atomic E-state index is 14.4. The van der Waals surface area contributed by atoms with Gasteiger partial charge in [-0.05, 0) is 5.56 Å². The first-order chi connectivity index (χ1) is 10.3. The van der Waals surface area contributed by atoms with Crippen LogP contribution in [0.2, 0.25) is 0 Å². The first-order valence-electron chi connectivity index (χ1n) is 6.51. The third-order valence-electron chi connectivity index (χ3n) is 3.15. The summed E-state index contributed by atoms with van der Waals surface area (Å²) in [6.07, 6.45) is -1.71. The standard InChI is InChI=1S/C14H16FNO5S/c1-22(19,20)16-10-7-8-11(17)21-14(10)13(18)12(15)9-5-3-2-4-6-9/h2-8,10,12-14,16,18H,1H3. The lowest BCUT2D eigenvalue weighted by molar-refractivity contribution is -0.155. The number of rotatable bonds is 5. The van der Waals surface area contributed by atoms with Gasteiger partial charge in [0.15, 0.2) is 12.3 Å². The summed E-state index contributed by atoms with van der Waals surface area (Å²) in [4.78, 5) is 11.3. The molecule has 1 aromatic rings. The van der Waals surface area contributed by atoms with Crippen molar-refractivity contribution in [2.24, 2.45) is 0 Å². The highest BCUT2D eigenvalue weighted by Crippen LogP contribution is 2.27. The zero-order valence-corrected chi connectivity index (χ0v) is 12.5.